The van der Waals surface area contributed by atoms with Gasteiger partial charge in [-0.2, -0.15) is 0 Å². The van der Waals surface area contributed by atoms with Crippen LogP contribution < -0.4 is 0 Å². The Morgan fingerprint density at radius 3 is 2.68 bits per heavy atom. The van der Waals surface area contributed by atoms with Gasteiger partial charge >= 0.3 is 0 Å². The van der Waals surface area contributed by atoms with Crippen LogP contribution in [0.15, 0.2) is 24.3 Å². The van der Waals surface area contributed by atoms with Gasteiger partial charge in [0.05, 0.1) is 4.83 Å². The summed E-state index contributed by atoms with van der Waals surface area (Å²) in [6.45, 7) is 4.53. The van der Waals surface area contributed by atoms with E-state index in [-0.39, 0.29) is 22.5 Å². The van der Waals surface area contributed by atoms with Gasteiger partial charge in [-0.1, -0.05) is 41.9 Å². The van der Waals surface area contributed by atoms with Crippen LogP contribution in [0.1, 0.15) is 32.3 Å². The second kappa shape index (κ2) is 6.04. The first-order chi connectivity index (χ1) is 8.99. The molecule has 0 bridgehead atoms. The molecule has 104 valence electrons. The number of rotatable bonds is 5. The average Bonchev–Trinajstić information content (AvgIpc) is 3.18. The minimum Gasteiger partial charge on any atom is -0.334 e. The van der Waals surface area contributed by atoms with Crippen LogP contribution in [0, 0.1) is 11.7 Å². The van der Waals surface area contributed by atoms with E-state index in [1.54, 1.807) is 6.07 Å². The van der Waals surface area contributed by atoms with Crippen LogP contribution in [0.2, 0.25) is 0 Å². The number of alkyl halides is 1. The maximum absolute atomic E-state index is 13.2. The molecule has 1 fully saturated rings. The lowest BCUT2D eigenvalue weighted by Gasteiger charge is -2.26. The number of halogens is 2. The van der Waals surface area contributed by atoms with E-state index in [9.17, 15) is 9.18 Å². The van der Waals surface area contributed by atoms with E-state index in [1.165, 1.54) is 12.1 Å². The number of nitrogens with zero attached hydrogens (tertiary/aromatic N) is 1. The van der Waals surface area contributed by atoms with Crippen molar-refractivity contribution in [2.45, 2.75) is 44.1 Å². The number of hydrogen-bond acceptors (Lipinski definition) is 1. The molecular formula is C15H19BrFNO. The van der Waals surface area contributed by atoms with E-state index in [0.29, 0.717) is 12.6 Å². The van der Waals surface area contributed by atoms with Gasteiger partial charge in [0.1, 0.15) is 5.82 Å². The van der Waals surface area contributed by atoms with Crippen molar-refractivity contribution in [3.63, 3.8) is 0 Å². The number of hydrogen-bond donors (Lipinski definition) is 0. The summed E-state index contributed by atoms with van der Waals surface area (Å²) in [5.74, 6) is 0.114. The van der Waals surface area contributed by atoms with E-state index in [2.05, 4.69) is 15.9 Å². The predicted molar refractivity (Wildman–Crippen MR) is 77.5 cm³/mol. The fourth-order valence-electron chi connectivity index (χ4n) is 2.05. The van der Waals surface area contributed by atoms with Crippen molar-refractivity contribution in [1.82, 2.24) is 4.90 Å². The van der Waals surface area contributed by atoms with Gasteiger partial charge in [-0.25, -0.2) is 4.39 Å². The minimum absolute atomic E-state index is 0.113. The van der Waals surface area contributed by atoms with Crippen LogP contribution in [0.25, 0.3) is 0 Å². The molecule has 0 spiro atoms. The lowest BCUT2D eigenvalue weighted by atomic mass is 10.1. The van der Waals surface area contributed by atoms with Crippen molar-refractivity contribution in [3.8, 4) is 0 Å². The van der Waals surface area contributed by atoms with Crippen LogP contribution in [0.3, 0.4) is 0 Å². The average molecular weight is 328 g/mol. The van der Waals surface area contributed by atoms with Gasteiger partial charge in [0, 0.05) is 12.6 Å². The smallest absolute Gasteiger partial charge is 0.237 e. The zero-order chi connectivity index (χ0) is 14.0. The summed E-state index contributed by atoms with van der Waals surface area (Å²) in [5.41, 5.74) is 0.851. The van der Waals surface area contributed by atoms with E-state index < -0.39 is 0 Å². The third kappa shape index (κ3) is 3.78. The molecule has 4 heteroatoms. The molecule has 0 N–H and O–H groups in total. The van der Waals surface area contributed by atoms with Gasteiger partial charge in [-0.05, 0) is 36.5 Å². The molecule has 2 nitrogen and oxygen atoms in total. The molecule has 1 aromatic carbocycles. The first kappa shape index (κ1) is 14.5. The molecule has 1 atom stereocenters. The molecule has 1 aliphatic carbocycles. The molecule has 0 aromatic heterocycles. The zero-order valence-corrected chi connectivity index (χ0v) is 12.9. The summed E-state index contributed by atoms with van der Waals surface area (Å²) in [6.07, 6.45) is 2.11. The summed E-state index contributed by atoms with van der Waals surface area (Å²) in [4.78, 5) is 14.2. The van der Waals surface area contributed by atoms with Gasteiger partial charge in [0.25, 0.3) is 0 Å². The van der Waals surface area contributed by atoms with E-state index in [4.69, 9.17) is 0 Å². The van der Waals surface area contributed by atoms with Crippen molar-refractivity contribution >= 4 is 21.8 Å². The van der Waals surface area contributed by atoms with Crippen molar-refractivity contribution in [1.29, 1.82) is 0 Å². The summed E-state index contributed by atoms with van der Waals surface area (Å²) < 4.78 is 13.2. The highest BCUT2D eigenvalue weighted by molar-refractivity contribution is 9.10. The maximum atomic E-state index is 13.2. The Morgan fingerprint density at radius 2 is 2.16 bits per heavy atom. The Bertz CT molecular complexity index is 459. The number of carbonyl (C=O) groups is 1. The highest BCUT2D eigenvalue weighted by atomic mass is 79.9. The molecule has 19 heavy (non-hydrogen) atoms. The summed E-state index contributed by atoms with van der Waals surface area (Å²) in [5, 5.41) is 0. The summed E-state index contributed by atoms with van der Waals surface area (Å²) >= 11 is 3.47. The predicted octanol–water partition coefficient (Wildman–Crippen LogP) is 3.74. The molecule has 1 aromatic rings. The minimum atomic E-state index is -0.250. The Labute approximate surface area is 122 Å². The Balaban J connectivity index is 2.10. The summed E-state index contributed by atoms with van der Waals surface area (Å²) in [6, 6.07) is 6.81. The van der Waals surface area contributed by atoms with Crippen molar-refractivity contribution in [3.05, 3.63) is 35.6 Å². The van der Waals surface area contributed by atoms with Crippen molar-refractivity contribution < 1.29 is 9.18 Å². The molecule has 1 saturated carbocycles. The molecule has 0 radical (unpaired) electrons. The first-order valence-corrected chi connectivity index (χ1v) is 7.59. The van der Waals surface area contributed by atoms with E-state index in [1.807, 2.05) is 24.8 Å². The third-order valence-corrected chi connectivity index (χ3v) is 4.78. The highest BCUT2D eigenvalue weighted by Gasteiger charge is 2.35. The number of amides is 1. The standard InChI is InChI=1S/C15H19BrFNO/c1-10(2)14(16)15(19)18(13-6-7-13)9-11-4-3-5-12(17)8-11/h3-5,8,10,13-14H,6-7,9H2,1-2H3. The Hall–Kier alpha value is -0.900. The monoisotopic (exact) mass is 327 g/mol. The highest BCUT2D eigenvalue weighted by Crippen LogP contribution is 2.31. The third-order valence-electron chi connectivity index (χ3n) is 3.33. The van der Waals surface area contributed by atoms with Crippen molar-refractivity contribution in [2.75, 3.05) is 0 Å². The molecule has 1 unspecified atom stereocenters. The lowest BCUT2D eigenvalue weighted by Crippen LogP contribution is -2.39. The van der Waals surface area contributed by atoms with Crippen LogP contribution in [-0.2, 0) is 11.3 Å². The van der Waals surface area contributed by atoms with Gasteiger partial charge in [0.15, 0.2) is 0 Å². The molecular weight excluding hydrogens is 309 g/mol. The fourth-order valence-corrected chi connectivity index (χ4v) is 2.31. The van der Waals surface area contributed by atoms with Gasteiger partial charge in [0.2, 0.25) is 5.91 Å². The normalized spacial score (nSPS) is 16.5. The molecule has 0 heterocycles. The molecule has 1 amide bonds. The molecule has 0 aliphatic heterocycles. The SMILES string of the molecule is CC(C)C(Br)C(=O)N(Cc1cccc(F)c1)C1CC1. The second-order valence-electron chi connectivity index (χ2n) is 5.47. The van der Waals surface area contributed by atoms with Crippen LogP contribution in [0.4, 0.5) is 4.39 Å². The fraction of sp³-hybridized carbons (Fsp3) is 0.533. The van der Waals surface area contributed by atoms with Gasteiger partial charge in [-0.15, -0.1) is 0 Å². The van der Waals surface area contributed by atoms with Crippen LogP contribution >= 0.6 is 15.9 Å². The second-order valence-corrected chi connectivity index (χ2v) is 6.46. The maximum Gasteiger partial charge on any atom is 0.237 e. The van der Waals surface area contributed by atoms with Gasteiger partial charge in [-0.3, -0.25) is 4.79 Å². The quantitative estimate of drug-likeness (QED) is 0.754. The lowest BCUT2D eigenvalue weighted by molar-refractivity contribution is -0.132. The number of carbonyl (C=O) groups excluding carboxylic acids is 1. The Morgan fingerprint density at radius 1 is 1.47 bits per heavy atom. The molecule has 2 rings (SSSR count). The van der Waals surface area contributed by atoms with Crippen LogP contribution in [-0.4, -0.2) is 21.7 Å². The molecule has 0 saturated heterocycles. The summed E-state index contributed by atoms with van der Waals surface area (Å²) in [7, 11) is 0. The van der Waals surface area contributed by atoms with E-state index in [0.717, 1.165) is 18.4 Å². The molecule has 1 aliphatic rings. The zero-order valence-electron chi connectivity index (χ0n) is 11.3. The first-order valence-electron chi connectivity index (χ1n) is 6.68. The van der Waals surface area contributed by atoms with Gasteiger partial charge < -0.3 is 4.90 Å². The number of benzene rings is 1. The topological polar surface area (TPSA) is 20.3 Å². The van der Waals surface area contributed by atoms with E-state index >= 15 is 0 Å². The van der Waals surface area contributed by atoms with Crippen molar-refractivity contribution in [2.24, 2.45) is 5.92 Å². The largest absolute Gasteiger partial charge is 0.334 e. The van der Waals surface area contributed by atoms with Crippen LogP contribution in [0.5, 0.6) is 0 Å². The Kier molecular flexibility index (Phi) is 4.61.